The van der Waals surface area contributed by atoms with E-state index in [-0.39, 0.29) is 0 Å². The lowest BCUT2D eigenvalue weighted by Crippen LogP contribution is -2.48. The van der Waals surface area contributed by atoms with Crippen molar-refractivity contribution in [2.24, 2.45) is 0 Å². The van der Waals surface area contributed by atoms with E-state index >= 15 is 0 Å². The van der Waals surface area contributed by atoms with Crippen LogP contribution in [-0.2, 0) is 0 Å². The smallest absolute Gasteiger partial charge is 0.161 e. The third-order valence-corrected chi connectivity index (χ3v) is 4.20. The van der Waals surface area contributed by atoms with Gasteiger partial charge < -0.3 is 9.47 Å². The van der Waals surface area contributed by atoms with Crippen LogP contribution in [-0.4, -0.2) is 62.3 Å². The number of methoxy groups -OCH3 is 1. The van der Waals surface area contributed by atoms with Gasteiger partial charge in [0.15, 0.2) is 11.5 Å². The summed E-state index contributed by atoms with van der Waals surface area (Å²) in [6.45, 7) is 6.51. The summed E-state index contributed by atoms with van der Waals surface area (Å²) in [5.41, 5.74) is 0. The van der Waals surface area contributed by atoms with E-state index in [0.29, 0.717) is 0 Å². The summed E-state index contributed by atoms with van der Waals surface area (Å²) in [4.78, 5) is 5.13. The highest BCUT2D eigenvalue weighted by molar-refractivity contribution is 5.39. The Hall–Kier alpha value is -1.26. The van der Waals surface area contributed by atoms with E-state index in [1.807, 2.05) is 24.3 Å². The Morgan fingerprint density at radius 2 is 1.75 bits per heavy atom. The molecule has 1 aromatic rings. The van der Waals surface area contributed by atoms with Crippen LogP contribution < -0.4 is 9.47 Å². The van der Waals surface area contributed by atoms with Crippen LogP contribution in [0.1, 0.15) is 12.8 Å². The SMILES string of the molecule is COc1ccccc1OCCN1CCN(C2CC2)CC1. The van der Waals surface area contributed by atoms with Crippen LogP contribution in [0.3, 0.4) is 0 Å². The fraction of sp³-hybridized carbons (Fsp3) is 0.625. The maximum absolute atomic E-state index is 5.84. The summed E-state index contributed by atoms with van der Waals surface area (Å²) < 4.78 is 11.1. The minimum absolute atomic E-state index is 0.726. The molecule has 20 heavy (non-hydrogen) atoms. The summed E-state index contributed by atoms with van der Waals surface area (Å²) in [5, 5.41) is 0. The molecule has 0 amide bonds. The van der Waals surface area contributed by atoms with Crippen molar-refractivity contribution in [1.82, 2.24) is 9.80 Å². The van der Waals surface area contributed by atoms with Crippen molar-refractivity contribution >= 4 is 0 Å². The van der Waals surface area contributed by atoms with E-state index in [1.54, 1.807) is 7.11 Å². The maximum Gasteiger partial charge on any atom is 0.161 e. The van der Waals surface area contributed by atoms with Crippen LogP contribution in [0.4, 0.5) is 0 Å². The van der Waals surface area contributed by atoms with Gasteiger partial charge in [0, 0.05) is 38.8 Å². The van der Waals surface area contributed by atoms with Crippen molar-refractivity contribution < 1.29 is 9.47 Å². The summed E-state index contributed by atoms with van der Waals surface area (Å²) in [5.74, 6) is 1.65. The Morgan fingerprint density at radius 1 is 1.05 bits per heavy atom. The lowest BCUT2D eigenvalue weighted by molar-refractivity contribution is 0.111. The molecule has 1 saturated carbocycles. The highest BCUT2D eigenvalue weighted by atomic mass is 16.5. The van der Waals surface area contributed by atoms with Gasteiger partial charge in [-0.05, 0) is 25.0 Å². The molecule has 110 valence electrons. The molecule has 0 N–H and O–H groups in total. The number of hydrogen-bond acceptors (Lipinski definition) is 4. The average Bonchev–Trinajstić information content (AvgIpc) is 3.33. The van der Waals surface area contributed by atoms with Crippen molar-refractivity contribution in [3.63, 3.8) is 0 Å². The van der Waals surface area contributed by atoms with Crippen molar-refractivity contribution in [1.29, 1.82) is 0 Å². The molecule has 1 heterocycles. The van der Waals surface area contributed by atoms with Gasteiger partial charge in [-0.2, -0.15) is 0 Å². The summed E-state index contributed by atoms with van der Waals surface area (Å²) in [6, 6.07) is 8.74. The van der Waals surface area contributed by atoms with E-state index in [9.17, 15) is 0 Å². The highest BCUT2D eigenvalue weighted by Gasteiger charge is 2.30. The first-order valence-corrected chi connectivity index (χ1v) is 7.59. The molecule has 0 atom stereocenters. The van der Waals surface area contributed by atoms with Gasteiger partial charge in [-0.3, -0.25) is 9.80 Å². The number of para-hydroxylation sites is 2. The van der Waals surface area contributed by atoms with Crippen molar-refractivity contribution in [3.05, 3.63) is 24.3 Å². The van der Waals surface area contributed by atoms with Gasteiger partial charge in [0.2, 0.25) is 0 Å². The lowest BCUT2D eigenvalue weighted by atomic mass is 10.3. The van der Waals surface area contributed by atoms with Crippen LogP contribution >= 0.6 is 0 Å². The molecule has 0 unspecified atom stereocenters. The molecular weight excluding hydrogens is 252 g/mol. The largest absolute Gasteiger partial charge is 0.493 e. The first-order chi connectivity index (χ1) is 9.86. The standard InChI is InChI=1S/C16H24N2O2/c1-19-15-4-2-3-5-16(15)20-13-12-17-8-10-18(11-9-17)14-6-7-14/h2-5,14H,6-13H2,1H3. The number of ether oxygens (including phenoxy) is 2. The lowest BCUT2D eigenvalue weighted by Gasteiger charge is -2.34. The molecule has 1 aromatic carbocycles. The molecule has 1 aliphatic carbocycles. The molecule has 1 aliphatic heterocycles. The molecule has 0 aromatic heterocycles. The van der Waals surface area contributed by atoms with Crippen molar-refractivity contribution in [3.8, 4) is 11.5 Å². The second-order valence-electron chi connectivity index (χ2n) is 5.61. The topological polar surface area (TPSA) is 24.9 Å². The van der Waals surface area contributed by atoms with Crippen LogP contribution in [0.15, 0.2) is 24.3 Å². The van der Waals surface area contributed by atoms with Crippen LogP contribution in [0.2, 0.25) is 0 Å². The van der Waals surface area contributed by atoms with Crippen molar-refractivity contribution in [2.45, 2.75) is 18.9 Å². The van der Waals surface area contributed by atoms with E-state index < -0.39 is 0 Å². The fourth-order valence-corrected chi connectivity index (χ4v) is 2.81. The fourth-order valence-electron chi connectivity index (χ4n) is 2.81. The normalized spacial score (nSPS) is 20.9. The number of nitrogens with zero attached hydrogens (tertiary/aromatic N) is 2. The minimum atomic E-state index is 0.726. The third-order valence-electron chi connectivity index (χ3n) is 4.20. The first-order valence-electron chi connectivity index (χ1n) is 7.59. The summed E-state index contributed by atoms with van der Waals surface area (Å²) in [6.07, 6.45) is 2.83. The van der Waals surface area contributed by atoms with Crippen LogP contribution in [0.5, 0.6) is 11.5 Å². The monoisotopic (exact) mass is 276 g/mol. The van der Waals surface area contributed by atoms with E-state index in [0.717, 1.165) is 30.7 Å². The van der Waals surface area contributed by atoms with E-state index in [1.165, 1.54) is 39.0 Å². The zero-order valence-electron chi connectivity index (χ0n) is 12.3. The summed E-state index contributed by atoms with van der Waals surface area (Å²) >= 11 is 0. The second-order valence-corrected chi connectivity index (χ2v) is 5.61. The molecule has 4 heteroatoms. The third kappa shape index (κ3) is 3.44. The molecule has 3 rings (SSSR count). The molecule has 0 spiro atoms. The highest BCUT2D eigenvalue weighted by Crippen LogP contribution is 2.27. The van der Waals surface area contributed by atoms with Gasteiger partial charge in [0.05, 0.1) is 7.11 Å². The van der Waals surface area contributed by atoms with Crippen LogP contribution in [0, 0.1) is 0 Å². The van der Waals surface area contributed by atoms with Gasteiger partial charge in [-0.15, -0.1) is 0 Å². The quantitative estimate of drug-likeness (QED) is 0.792. The number of hydrogen-bond donors (Lipinski definition) is 0. The zero-order valence-corrected chi connectivity index (χ0v) is 12.3. The van der Waals surface area contributed by atoms with Gasteiger partial charge >= 0.3 is 0 Å². The van der Waals surface area contributed by atoms with Gasteiger partial charge in [0.25, 0.3) is 0 Å². The Balaban J connectivity index is 1.39. The molecule has 2 fully saturated rings. The maximum atomic E-state index is 5.84. The molecule has 1 saturated heterocycles. The Kier molecular flexibility index (Phi) is 4.43. The predicted molar refractivity (Wildman–Crippen MR) is 79.5 cm³/mol. The molecular formula is C16H24N2O2. The minimum Gasteiger partial charge on any atom is -0.493 e. The van der Waals surface area contributed by atoms with E-state index in [4.69, 9.17) is 9.47 Å². The Morgan fingerprint density at radius 3 is 2.40 bits per heavy atom. The predicted octanol–water partition coefficient (Wildman–Crippen LogP) is 1.85. The first kappa shape index (κ1) is 13.7. The second kappa shape index (κ2) is 6.46. The van der Waals surface area contributed by atoms with Gasteiger partial charge in [-0.1, -0.05) is 12.1 Å². The Labute approximate surface area is 121 Å². The average molecular weight is 276 g/mol. The molecule has 0 bridgehead atoms. The van der Waals surface area contributed by atoms with Crippen LogP contribution in [0.25, 0.3) is 0 Å². The molecule has 0 radical (unpaired) electrons. The number of piperazine rings is 1. The van der Waals surface area contributed by atoms with Crippen molar-refractivity contribution in [2.75, 3.05) is 46.4 Å². The molecule has 4 nitrogen and oxygen atoms in total. The summed E-state index contributed by atoms with van der Waals surface area (Å²) in [7, 11) is 1.68. The zero-order chi connectivity index (χ0) is 13.8. The van der Waals surface area contributed by atoms with Gasteiger partial charge in [0.1, 0.15) is 6.61 Å². The van der Waals surface area contributed by atoms with Gasteiger partial charge in [-0.25, -0.2) is 0 Å². The Bertz CT molecular complexity index is 426. The number of rotatable bonds is 6. The number of benzene rings is 1. The van der Waals surface area contributed by atoms with E-state index in [2.05, 4.69) is 9.80 Å². The molecule has 2 aliphatic rings.